The number of aromatic nitrogens is 4. The molecule has 2 aromatic rings. The summed E-state index contributed by atoms with van der Waals surface area (Å²) >= 11 is 3.38. The fraction of sp³-hybridized carbons (Fsp3) is 0.300. The normalized spacial score (nSPS) is 9.44. The lowest BCUT2D eigenvalue weighted by atomic mass is 10.2. The maximum Gasteiger partial charge on any atom is 0.181 e. The van der Waals surface area contributed by atoms with E-state index in [4.69, 9.17) is 5.73 Å². The van der Waals surface area contributed by atoms with Gasteiger partial charge in [-0.1, -0.05) is 15.9 Å². The highest BCUT2D eigenvalue weighted by Gasteiger charge is 2.09. The predicted octanol–water partition coefficient (Wildman–Crippen LogP) is 2.35. The van der Waals surface area contributed by atoms with Gasteiger partial charge in [-0.3, -0.25) is 4.98 Å². The van der Waals surface area contributed by atoms with Gasteiger partial charge >= 0.3 is 0 Å². The second kappa shape index (κ2) is 8.73. The molecule has 0 aromatic carbocycles. The summed E-state index contributed by atoms with van der Waals surface area (Å²) in [5.74, 6) is 1.50. The lowest BCUT2D eigenvalue weighted by Gasteiger charge is -1.99. The van der Waals surface area contributed by atoms with Crippen molar-refractivity contribution in [1.29, 1.82) is 0 Å². The molecule has 2 aromatic heterocycles. The molecule has 0 spiro atoms. The molecule has 0 aliphatic carbocycles. The van der Waals surface area contributed by atoms with E-state index in [9.17, 15) is 0 Å². The molecule has 18 heavy (non-hydrogen) atoms. The maximum absolute atomic E-state index is 5.62. The van der Waals surface area contributed by atoms with Gasteiger partial charge in [0, 0.05) is 23.3 Å². The molecular weight excluding hydrogens is 430 g/mol. The lowest BCUT2D eigenvalue weighted by Crippen LogP contribution is -2.10. The van der Waals surface area contributed by atoms with Crippen molar-refractivity contribution in [3.63, 3.8) is 0 Å². The lowest BCUT2D eigenvalue weighted by molar-refractivity contribution is 0.625. The van der Waals surface area contributed by atoms with Crippen LogP contribution in [0.25, 0.3) is 11.4 Å². The van der Waals surface area contributed by atoms with E-state index in [2.05, 4.69) is 31.0 Å². The monoisotopic (exact) mass is 441 g/mol. The maximum atomic E-state index is 5.62. The number of aryl methyl sites for hydroxylation is 1. The summed E-state index contributed by atoms with van der Waals surface area (Å²) in [7, 11) is 0. The quantitative estimate of drug-likeness (QED) is 0.736. The van der Waals surface area contributed by atoms with E-state index in [1.54, 1.807) is 12.4 Å². The Bertz CT molecular complexity index is 460. The van der Waals surface area contributed by atoms with Gasteiger partial charge in [0.05, 0.1) is 13.1 Å². The highest BCUT2D eigenvalue weighted by Crippen LogP contribution is 2.14. The van der Waals surface area contributed by atoms with Gasteiger partial charge in [-0.2, -0.15) is 5.10 Å². The molecule has 0 fully saturated rings. The van der Waals surface area contributed by atoms with Crippen LogP contribution in [0.3, 0.4) is 0 Å². The van der Waals surface area contributed by atoms with Crippen molar-refractivity contribution in [2.75, 3.05) is 5.33 Å². The number of rotatable bonds is 4. The molecule has 0 saturated carbocycles. The molecule has 0 saturated heterocycles. The Hall–Kier alpha value is -0.310. The number of nitrogens with zero attached hydrogens (tertiary/aromatic N) is 4. The fourth-order valence-corrected chi connectivity index (χ4v) is 1.74. The molecule has 0 aliphatic heterocycles. The van der Waals surface area contributed by atoms with Gasteiger partial charge in [-0.25, -0.2) is 9.67 Å². The standard InChI is InChI=1S/C10H12BrN5.2BrH/c11-3-6-16-9(7-12)14-10(15-16)8-1-4-13-5-2-8;;/h1-2,4-5H,3,6-7,12H2;2*1H. The van der Waals surface area contributed by atoms with E-state index in [0.717, 1.165) is 23.3 Å². The average molecular weight is 444 g/mol. The number of pyridine rings is 1. The Kier molecular flexibility index (Phi) is 8.58. The highest BCUT2D eigenvalue weighted by molar-refractivity contribution is 9.09. The van der Waals surface area contributed by atoms with Crippen LogP contribution in [0, 0.1) is 0 Å². The summed E-state index contributed by atoms with van der Waals surface area (Å²) < 4.78 is 1.82. The molecule has 2 heterocycles. The van der Waals surface area contributed by atoms with E-state index in [-0.39, 0.29) is 34.0 Å². The second-order valence-corrected chi connectivity index (χ2v) is 4.00. The smallest absolute Gasteiger partial charge is 0.181 e. The van der Waals surface area contributed by atoms with Gasteiger partial charge < -0.3 is 5.73 Å². The van der Waals surface area contributed by atoms with E-state index in [1.807, 2.05) is 16.8 Å². The number of halogens is 3. The number of hydrogen-bond donors (Lipinski definition) is 1. The topological polar surface area (TPSA) is 69.6 Å². The van der Waals surface area contributed by atoms with Crippen LogP contribution in [-0.2, 0) is 13.1 Å². The van der Waals surface area contributed by atoms with Gasteiger partial charge in [0.15, 0.2) is 5.82 Å². The molecule has 2 N–H and O–H groups in total. The van der Waals surface area contributed by atoms with Crippen molar-refractivity contribution in [2.24, 2.45) is 5.73 Å². The van der Waals surface area contributed by atoms with Crippen LogP contribution in [0.1, 0.15) is 5.82 Å². The summed E-state index contributed by atoms with van der Waals surface area (Å²) in [6.45, 7) is 1.16. The Labute approximate surface area is 135 Å². The predicted molar refractivity (Wildman–Crippen MR) is 85.6 cm³/mol. The molecule has 0 aliphatic rings. The van der Waals surface area contributed by atoms with Crippen LogP contribution >= 0.6 is 49.9 Å². The summed E-state index contributed by atoms with van der Waals surface area (Å²) in [5, 5.41) is 5.24. The van der Waals surface area contributed by atoms with E-state index < -0.39 is 0 Å². The average Bonchev–Trinajstić information content (AvgIpc) is 2.74. The van der Waals surface area contributed by atoms with Crippen molar-refractivity contribution in [3.8, 4) is 11.4 Å². The molecule has 100 valence electrons. The van der Waals surface area contributed by atoms with E-state index in [0.29, 0.717) is 12.4 Å². The van der Waals surface area contributed by atoms with Crippen LogP contribution in [0.2, 0.25) is 0 Å². The molecule has 0 radical (unpaired) electrons. The number of alkyl halides is 1. The molecular formula is C10H14Br3N5. The van der Waals surface area contributed by atoms with Crippen molar-refractivity contribution in [2.45, 2.75) is 13.1 Å². The first-order valence-corrected chi connectivity index (χ1v) is 6.07. The van der Waals surface area contributed by atoms with E-state index in [1.165, 1.54) is 0 Å². The summed E-state index contributed by atoms with van der Waals surface area (Å²) in [6.07, 6.45) is 3.45. The first-order chi connectivity index (χ1) is 7.85. The van der Waals surface area contributed by atoms with E-state index >= 15 is 0 Å². The summed E-state index contributed by atoms with van der Waals surface area (Å²) in [5.41, 5.74) is 6.58. The van der Waals surface area contributed by atoms with Crippen LogP contribution in [0.15, 0.2) is 24.5 Å². The minimum absolute atomic E-state index is 0. The van der Waals surface area contributed by atoms with Crippen molar-refractivity contribution < 1.29 is 0 Å². The van der Waals surface area contributed by atoms with Gasteiger partial charge in [-0.15, -0.1) is 34.0 Å². The highest BCUT2D eigenvalue weighted by atomic mass is 79.9. The third kappa shape index (κ3) is 4.11. The first-order valence-electron chi connectivity index (χ1n) is 4.95. The number of nitrogens with two attached hydrogens (primary N) is 1. The SMILES string of the molecule is Br.Br.NCc1nc(-c2ccncc2)nn1CCBr. The Morgan fingerprint density at radius 2 is 1.89 bits per heavy atom. The minimum atomic E-state index is 0. The third-order valence-electron chi connectivity index (χ3n) is 2.17. The largest absolute Gasteiger partial charge is 0.324 e. The van der Waals surface area contributed by atoms with Crippen LogP contribution in [0.4, 0.5) is 0 Å². The summed E-state index contributed by atoms with van der Waals surface area (Å²) in [4.78, 5) is 8.36. The Balaban J connectivity index is 0.00000144. The van der Waals surface area contributed by atoms with Crippen molar-refractivity contribution >= 4 is 49.9 Å². The second-order valence-electron chi connectivity index (χ2n) is 3.20. The molecule has 8 heteroatoms. The number of hydrogen-bond acceptors (Lipinski definition) is 4. The Morgan fingerprint density at radius 3 is 2.44 bits per heavy atom. The molecule has 0 unspecified atom stereocenters. The fourth-order valence-electron chi connectivity index (χ4n) is 1.41. The third-order valence-corrected chi connectivity index (χ3v) is 2.52. The van der Waals surface area contributed by atoms with Crippen molar-refractivity contribution in [1.82, 2.24) is 19.7 Å². The molecule has 0 bridgehead atoms. The van der Waals surface area contributed by atoms with Gasteiger partial charge in [-0.05, 0) is 12.1 Å². The zero-order valence-corrected chi connectivity index (χ0v) is 14.5. The molecule has 0 atom stereocenters. The van der Waals surface area contributed by atoms with Gasteiger partial charge in [0.1, 0.15) is 5.82 Å². The van der Waals surface area contributed by atoms with Crippen LogP contribution in [-0.4, -0.2) is 25.1 Å². The van der Waals surface area contributed by atoms with Crippen molar-refractivity contribution in [3.05, 3.63) is 30.4 Å². The molecule has 5 nitrogen and oxygen atoms in total. The summed E-state index contributed by atoms with van der Waals surface area (Å²) in [6, 6.07) is 3.77. The van der Waals surface area contributed by atoms with Gasteiger partial charge in [0.2, 0.25) is 0 Å². The zero-order valence-electron chi connectivity index (χ0n) is 9.49. The first kappa shape index (κ1) is 17.7. The minimum Gasteiger partial charge on any atom is -0.324 e. The van der Waals surface area contributed by atoms with Crippen LogP contribution < -0.4 is 5.73 Å². The zero-order chi connectivity index (χ0) is 11.4. The molecule has 0 amide bonds. The molecule has 2 rings (SSSR count). The van der Waals surface area contributed by atoms with Crippen LogP contribution in [0.5, 0.6) is 0 Å². The van der Waals surface area contributed by atoms with Gasteiger partial charge in [0.25, 0.3) is 0 Å². The Morgan fingerprint density at radius 1 is 1.22 bits per heavy atom.